The zero-order valence-corrected chi connectivity index (χ0v) is 15.5. The third-order valence-electron chi connectivity index (χ3n) is 3.45. The Morgan fingerprint density at radius 1 is 1.23 bits per heavy atom. The highest BCUT2D eigenvalue weighted by Gasteiger charge is 2.15. The molecule has 1 N–H and O–H groups in total. The lowest BCUT2D eigenvalue weighted by molar-refractivity contribution is -0.119. The molecule has 0 fully saturated rings. The summed E-state index contributed by atoms with van der Waals surface area (Å²) < 4.78 is 12.9. The molecule has 3 aromatic rings. The third kappa shape index (κ3) is 4.82. The van der Waals surface area contributed by atoms with E-state index in [1.165, 1.54) is 6.07 Å². The Hall–Kier alpha value is -2.87. The van der Waals surface area contributed by atoms with Gasteiger partial charge in [-0.2, -0.15) is 5.10 Å². The van der Waals surface area contributed by atoms with Gasteiger partial charge in [0.1, 0.15) is 5.76 Å². The van der Waals surface area contributed by atoms with E-state index in [9.17, 15) is 9.59 Å². The molecule has 7 nitrogen and oxygen atoms in total. The van der Waals surface area contributed by atoms with Gasteiger partial charge >= 0.3 is 5.97 Å². The van der Waals surface area contributed by atoms with Crippen LogP contribution in [0, 0.1) is 6.92 Å². The summed E-state index contributed by atoms with van der Waals surface area (Å²) in [6.07, 6.45) is 3.45. The Kier molecular flexibility index (Phi) is 5.52. The summed E-state index contributed by atoms with van der Waals surface area (Å²) in [5.41, 5.74) is 1.73. The van der Waals surface area contributed by atoms with E-state index in [1.54, 1.807) is 35.3 Å². The Morgan fingerprint density at radius 3 is 2.69 bits per heavy atom. The van der Waals surface area contributed by atoms with E-state index in [1.807, 2.05) is 19.1 Å². The first kappa shape index (κ1) is 17.9. The van der Waals surface area contributed by atoms with E-state index < -0.39 is 18.5 Å². The molecule has 0 aliphatic carbocycles. The summed E-state index contributed by atoms with van der Waals surface area (Å²) in [6, 6.07) is 10.5. The average molecular weight is 418 g/mol. The number of esters is 1. The molecule has 0 aliphatic rings. The van der Waals surface area contributed by atoms with Crippen LogP contribution in [0.15, 0.2) is 57.7 Å². The number of halogens is 1. The van der Waals surface area contributed by atoms with Crippen LogP contribution in [-0.4, -0.2) is 28.3 Å². The lowest BCUT2D eigenvalue weighted by Crippen LogP contribution is -2.20. The first-order chi connectivity index (χ1) is 12.5. The fraction of sp³-hybridized carbons (Fsp3) is 0.167. The number of anilines is 1. The number of amides is 1. The summed E-state index contributed by atoms with van der Waals surface area (Å²) in [4.78, 5) is 23.8. The molecule has 0 unspecified atom stereocenters. The highest BCUT2D eigenvalue weighted by Crippen LogP contribution is 2.13. The molecule has 0 spiro atoms. The highest BCUT2D eigenvalue weighted by atomic mass is 79.9. The molecule has 8 heteroatoms. The van der Waals surface area contributed by atoms with Crippen LogP contribution in [0.25, 0.3) is 0 Å². The van der Waals surface area contributed by atoms with Gasteiger partial charge in [0.15, 0.2) is 6.61 Å². The second kappa shape index (κ2) is 8.01. The van der Waals surface area contributed by atoms with E-state index in [-0.39, 0.29) is 5.76 Å². The molecule has 134 valence electrons. The Labute approximate surface area is 158 Å². The van der Waals surface area contributed by atoms with E-state index in [0.29, 0.717) is 18.0 Å². The monoisotopic (exact) mass is 417 g/mol. The van der Waals surface area contributed by atoms with Crippen LogP contribution >= 0.6 is 15.9 Å². The van der Waals surface area contributed by atoms with Gasteiger partial charge in [0, 0.05) is 11.9 Å². The third-order valence-corrected chi connectivity index (χ3v) is 3.86. The molecule has 0 saturated heterocycles. The number of rotatable bonds is 6. The van der Waals surface area contributed by atoms with Crippen LogP contribution in [0.1, 0.15) is 21.9 Å². The zero-order valence-electron chi connectivity index (χ0n) is 13.9. The lowest BCUT2D eigenvalue weighted by Gasteiger charge is -2.06. The van der Waals surface area contributed by atoms with Gasteiger partial charge in [-0.1, -0.05) is 17.7 Å². The summed E-state index contributed by atoms with van der Waals surface area (Å²) >= 11 is 3.31. The molecule has 0 saturated carbocycles. The van der Waals surface area contributed by atoms with Gasteiger partial charge in [-0.25, -0.2) is 4.79 Å². The maximum atomic E-state index is 12.0. The minimum Gasteiger partial charge on any atom is -0.452 e. The van der Waals surface area contributed by atoms with Crippen molar-refractivity contribution in [2.45, 2.75) is 13.5 Å². The molecule has 0 aliphatic heterocycles. The van der Waals surface area contributed by atoms with Crippen LogP contribution < -0.4 is 5.32 Å². The van der Waals surface area contributed by atoms with Crippen molar-refractivity contribution < 1.29 is 18.7 Å². The molecular weight excluding hydrogens is 402 g/mol. The van der Waals surface area contributed by atoms with Crippen molar-refractivity contribution in [3.63, 3.8) is 0 Å². The minimum atomic E-state index is -0.697. The molecule has 0 radical (unpaired) electrons. The van der Waals surface area contributed by atoms with Crippen molar-refractivity contribution in [3.05, 3.63) is 70.3 Å². The van der Waals surface area contributed by atoms with E-state index in [0.717, 1.165) is 10.0 Å². The van der Waals surface area contributed by atoms with Crippen LogP contribution in [0.5, 0.6) is 0 Å². The zero-order chi connectivity index (χ0) is 18.5. The van der Waals surface area contributed by atoms with Crippen molar-refractivity contribution in [1.82, 2.24) is 9.78 Å². The number of benzene rings is 1. The molecule has 26 heavy (non-hydrogen) atoms. The van der Waals surface area contributed by atoms with Crippen LogP contribution in [0.2, 0.25) is 0 Å². The van der Waals surface area contributed by atoms with Gasteiger partial charge in [0.05, 0.1) is 17.2 Å². The smallest absolute Gasteiger partial charge is 0.374 e. The number of hydrogen-bond acceptors (Lipinski definition) is 5. The molecule has 3 rings (SSSR count). The van der Waals surface area contributed by atoms with Gasteiger partial charge in [0.2, 0.25) is 5.76 Å². The van der Waals surface area contributed by atoms with Crippen LogP contribution in [-0.2, 0) is 16.1 Å². The first-order valence-corrected chi connectivity index (χ1v) is 8.59. The summed E-state index contributed by atoms with van der Waals surface area (Å²) in [5, 5.41) is 6.76. The first-order valence-electron chi connectivity index (χ1n) is 7.80. The number of carbonyl (C=O) groups is 2. The van der Waals surface area contributed by atoms with Gasteiger partial charge in [-0.3, -0.25) is 9.48 Å². The average Bonchev–Trinajstić information content (AvgIpc) is 3.24. The second-order valence-corrected chi connectivity index (χ2v) is 6.53. The number of hydrogen-bond donors (Lipinski definition) is 1. The number of nitrogens with zero attached hydrogens (tertiary/aromatic N) is 2. The van der Waals surface area contributed by atoms with Gasteiger partial charge in [-0.05, 0) is 47.1 Å². The molecule has 0 bridgehead atoms. The lowest BCUT2D eigenvalue weighted by atomic mass is 10.2. The van der Waals surface area contributed by atoms with Gasteiger partial charge in [-0.15, -0.1) is 0 Å². The van der Waals surface area contributed by atoms with Crippen LogP contribution in [0.3, 0.4) is 0 Å². The normalized spacial score (nSPS) is 10.5. The number of carbonyl (C=O) groups excluding carboxylic acids is 2. The molecule has 0 atom stereocenters. The topological polar surface area (TPSA) is 86.4 Å². The maximum Gasteiger partial charge on any atom is 0.374 e. The second-order valence-electron chi connectivity index (χ2n) is 5.61. The molecule has 1 amide bonds. The maximum absolute atomic E-state index is 12.0. The number of aryl methyl sites for hydroxylation is 1. The summed E-state index contributed by atoms with van der Waals surface area (Å²) in [7, 11) is 0. The van der Waals surface area contributed by atoms with Crippen molar-refractivity contribution in [2.75, 3.05) is 11.9 Å². The van der Waals surface area contributed by atoms with E-state index in [4.69, 9.17) is 9.15 Å². The largest absolute Gasteiger partial charge is 0.452 e. The number of ether oxygens (including phenoxy) is 1. The number of aromatic nitrogens is 2. The quantitative estimate of drug-likeness (QED) is 0.621. The SMILES string of the molecule is Cc1ccc(NC(=O)COC(=O)c2ccc(Cn3cc(Br)cn3)o2)cc1. The fourth-order valence-corrected chi connectivity index (χ4v) is 2.52. The van der Waals surface area contributed by atoms with Crippen molar-refractivity contribution >= 4 is 33.5 Å². The molecular formula is C18H16BrN3O4. The predicted octanol–water partition coefficient (Wildman–Crippen LogP) is 3.39. The summed E-state index contributed by atoms with van der Waals surface area (Å²) in [5.74, 6) is -0.529. The number of furan rings is 1. The van der Waals surface area contributed by atoms with Gasteiger partial charge < -0.3 is 14.5 Å². The predicted molar refractivity (Wildman–Crippen MR) is 97.8 cm³/mol. The van der Waals surface area contributed by atoms with E-state index >= 15 is 0 Å². The molecule has 2 heterocycles. The minimum absolute atomic E-state index is 0.0364. The highest BCUT2D eigenvalue weighted by molar-refractivity contribution is 9.10. The van der Waals surface area contributed by atoms with Crippen molar-refractivity contribution in [1.29, 1.82) is 0 Å². The Balaban J connectivity index is 1.50. The van der Waals surface area contributed by atoms with Crippen molar-refractivity contribution in [2.24, 2.45) is 0 Å². The van der Waals surface area contributed by atoms with E-state index in [2.05, 4.69) is 26.3 Å². The number of nitrogens with one attached hydrogen (secondary N) is 1. The standard InChI is InChI=1S/C18H16BrN3O4/c1-12-2-4-14(5-3-12)21-17(23)11-25-18(24)16-7-6-15(26-16)10-22-9-13(19)8-20-22/h2-9H,10-11H2,1H3,(H,21,23). The van der Waals surface area contributed by atoms with Gasteiger partial charge in [0.25, 0.3) is 5.91 Å². The van der Waals surface area contributed by atoms with Crippen LogP contribution in [0.4, 0.5) is 5.69 Å². The van der Waals surface area contributed by atoms with Crippen molar-refractivity contribution in [3.8, 4) is 0 Å². The fourth-order valence-electron chi connectivity index (χ4n) is 2.19. The summed E-state index contributed by atoms with van der Waals surface area (Å²) in [6.45, 7) is 1.94. The Bertz CT molecular complexity index is 915. The Morgan fingerprint density at radius 2 is 2.00 bits per heavy atom. The molecule has 1 aromatic carbocycles. The molecule has 2 aromatic heterocycles.